The Labute approximate surface area is 106 Å². The summed E-state index contributed by atoms with van der Waals surface area (Å²) in [6, 6.07) is 1.66. The first kappa shape index (κ1) is 13.0. The van der Waals surface area contributed by atoms with Crippen LogP contribution in [0, 0.1) is 19.8 Å². The first-order valence-electron chi connectivity index (χ1n) is 5.72. The van der Waals surface area contributed by atoms with Crippen LogP contribution in [-0.2, 0) is 10.0 Å². The van der Waals surface area contributed by atoms with E-state index in [1.54, 1.807) is 6.07 Å². The topological polar surface area (TPSA) is 72.2 Å². The zero-order valence-corrected chi connectivity index (χ0v) is 11.7. The largest absolute Gasteiger partial charge is 0.326 e. The molecule has 0 aliphatic heterocycles. The van der Waals surface area contributed by atoms with Crippen LogP contribution in [0.1, 0.15) is 22.6 Å². The van der Waals surface area contributed by atoms with Gasteiger partial charge in [-0.25, -0.2) is 13.1 Å². The van der Waals surface area contributed by atoms with Gasteiger partial charge in [0.1, 0.15) is 0 Å². The molecule has 0 saturated heterocycles. The van der Waals surface area contributed by atoms with Crippen molar-refractivity contribution in [1.29, 1.82) is 0 Å². The summed E-state index contributed by atoms with van der Waals surface area (Å²) in [5.41, 5.74) is 5.88. The van der Waals surface area contributed by atoms with Gasteiger partial charge in [0.2, 0.25) is 10.0 Å². The highest BCUT2D eigenvalue weighted by molar-refractivity contribution is 7.89. The summed E-state index contributed by atoms with van der Waals surface area (Å²) in [6.07, 6.45) is 2.25. The van der Waals surface area contributed by atoms with E-state index in [0.717, 1.165) is 22.6 Å². The van der Waals surface area contributed by atoms with E-state index in [0.29, 0.717) is 17.4 Å². The molecule has 0 spiro atoms. The van der Waals surface area contributed by atoms with Crippen molar-refractivity contribution in [2.24, 2.45) is 11.7 Å². The van der Waals surface area contributed by atoms with Gasteiger partial charge in [-0.1, -0.05) is 0 Å². The molecule has 0 radical (unpaired) electrons. The molecule has 1 aromatic heterocycles. The third kappa shape index (κ3) is 3.07. The Kier molecular flexibility index (Phi) is 3.58. The van der Waals surface area contributed by atoms with Crippen LogP contribution >= 0.6 is 11.3 Å². The first-order valence-corrected chi connectivity index (χ1v) is 8.02. The molecule has 1 fully saturated rings. The second-order valence-corrected chi connectivity index (χ2v) is 7.83. The zero-order chi connectivity index (χ0) is 12.6. The lowest BCUT2D eigenvalue weighted by atomic mass is 10.2. The molecular weight excluding hydrogens is 256 g/mol. The van der Waals surface area contributed by atoms with Gasteiger partial charge in [0.25, 0.3) is 0 Å². The summed E-state index contributed by atoms with van der Waals surface area (Å²) in [6.45, 7) is 4.07. The molecule has 1 unspecified atom stereocenters. The molecule has 96 valence electrons. The maximum atomic E-state index is 12.1. The fraction of sp³-hybridized carbons (Fsp3) is 0.636. The molecule has 1 saturated carbocycles. The van der Waals surface area contributed by atoms with Crippen molar-refractivity contribution in [1.82, 2.24) is 4.72 Å². The molecule has 1 aliphatic rings. The minimum atomic E-state index is -3.39. The fourth-order valence-electron chi connectivity index (χ4n) is 1.85. The van der Waals surface area contributed by atoms with E-state index in [-0.39, 0.29) is 6.04 Å². The Balaban J connectivity index is 2.05. The number of nitrogens with one attached hydrogen (secondary N) is 1. The Morgan fingerprint density at radius 2 is 2.18 bits per heavy atom. The van der Waals surface area contributed by atoms with Crippen LogP contribution < -0.4 is 10.5 Å². The monoisotopic (exact) mass is 274 g/mol. The van der Waals surface area contributed by atoms with Crippen LogP contribution in [-0.4, -0.2) is 21.0 Å². The van der Waals surface area contributed by atoms with E-state index in [1.165, 1.54) is 11.3 Å². The number of hydrogen-bond donors (Lipinski definition) is 2. The predicted octanol–water partition coefficient (Wildman–Crippen LogP) is 1.38. The predicted molar refractivity (Wildman–Crippen MR) is 69.7 cm³/mol. The van der Waals surface area contributed by atoms with Crippen molar-refractivity contribution < 1.29 is 8.42 Å². The number of aryl methyl sites for hydroxylation is 2. The highest BCUT2D eigenvalue weighted by Gasteiger charge is 2.29. The van der Waals surface area contributed by atoms with E-state index in [9.17, 15) is 8.42 Å². The molecule has 0 bridgehead atoms. The third-order valence-electron chi connectivity index (χ3n) is 3.02. The number of rotatable bonds is 5. The van der Waals surface area contributed by atoms with Gasteiger partial charge in [-0.2, -0.15) is 0 Å². The van der Waals surface area contributed by atoms with Crippen molar-refractivity contribution in [3.05, 3.63) is 15.8 Å². The fourth-order valence-corrected chi connectivity index (χ4v) is 4.47. The molecule has 0 amide bonds. The molecule has 1 heterocycles. The van der Waals surface area contributed by atoms with E-state index >= 15 is 0 Å². The van der Waals surface area contributed by atoms with Gasteiger partial charge in [-0.3, -0.25) is 0 Å². The lowest BCUT2D eigenvalue weighted by Gasteiger charge is -2.11. The maximum Gasteiger partial charge on any atom is 0.241 e. The Hall–Kier alpha value is -0.430. The number of thiophene rings is 1. The Bertz CT molecular complexity index is 504. The van der Waals surface area contributed by atoms with Crippen LogP contribution in [0.2, 0.25) is 0 Å². The summed E-state index contributed by atoms with van der Waals surface area (Å²) >= 11 is 1.50. The summed E-state index contributed by atoms with van der Waals surface area (Å²) in [5.74, 6) is 0.503. The highest BCUT2D eigenvalue weighted by atomic mass is 32.2. The van der Waals surface area contributed by atoms with Crippen LogP contribution in [0.15, 0.2) is 11.0 Å². The second kappa shape index (κ2) is 4.68. The molecule has 3 N–H and O–H groups in total. The standard InChI is InChI=1S/C11H18N2O2S2/c1-7-5-11(8(2)16-7)17(14,15)13-6-10(12)9-3-4-9/h5,9-10,13H,3-4,6,12H2,1-2H3. The molecule has 0 aromatic carbocycles. The van der Waals surface area contributed by atoms with Gasteiger partial charge in [0, 0.05) is 22.3 Å². The molecular formula is C11H18N2O2S2. The summed E-state index contributed by atoms with van der Waals surface area (Å²) in [5, 5.41) is 0. The van der Waals surface area contributed by atoms with Gasteiger partial charge >= 0.3 is 0 Å². The van der Waals surface area contributed by atoms with E-state index in [2.05, 4.69) is 4.72 Å². The maximum absolute atomic E-state index is 12.1. The molecule has 6 heteroatoms. The summed E-state index contributed by atoms with van der Waals surface area (Å²) < 4.78 is 26.7. The molecule has 4 nitrogen and oxygen atoms in total. The molecule has 17 heavy (non-hydrogen) atoms. The smallest absolute Gasteiger partial charge is 0.241 e. The average molecular weight is 274 g/mol. The lowest BCUT2D eigenvalue weighted by molar-refractivity contribution is 0.547. The second-order valence-electron chi connectivity index (χ2n) is 4.63. The lowest BCUT2D eigenvalue weighted by Crippen LogP contribution is -2.38. The Morgan fingerprint density at radius 3 is 2.65 bits per heavy atom. The minimum absolute atomic E-state index is 0.0511. The van der Waals surface area contributed by atoms with E-state index < -0.39 is 10.0 Å². The van der Waals surface area contributed by atoms with Crippen molar-refractivity contribution >= 4 is 21.4 Å². The van der Waals surface area contributed by atoms with Gasteiger partial charge < -0.3 is 5.73 Å². The molecule has 1 atom stereocenters. The van der Waals surface area contributed by atoms with Crippen molar-refractivity contribution in [3.8, 4) is 0 Å². The average Bonchev–Trinajstić information content (AvgIpc) is 3.01. The summed E-state index contributed by atoms with van der Waals surface area (Å²) in [4.78, 5) is 2.23. The molecule has 2 rings (SSSR count). The molecule has 1 aliphatic carbocycles. The van der Waals surface area contributed by atoms with Crippen LogP contribution in [0.3, 0.4) is 0 Å². The number of hydrogen-bond acceptors (Lipinski definition) is 4. The molecule has 1 aromatic rings. The van der Waals surface area contributed by atoms with Crippen molar-refractivity contribution in [2.75, 3.05) is 6.54 Å². The van der Waals surface area contributed by atoms with Crippen molar-refractivity contribution in [3.63, 3.8) is 0 Å². The first-order chi connectivity index (χ1) is 7.90. The van der Waals surface area contributed by atoms with E-state index in [4.69, 9.17) is 5.73 Å². The SMILES string of the molecule is Cc1cc(S(=O)(=O)NCC(N)C2CC2)c(C)s1. The van der Waals surface area contributed by atoms with Crippen LogP contribution in [0.5, 0.6) is 0 Å². The van der Waals surface area contributed by atoms with Crippen LogP contribution in [0.4, 0.5) is 0 Å². The van der Waals surface area contributed by atoms with Crippen LogP contribution in [0.25, 0.3) is 0 Å². The highest BCUT2D eigenvalue weighted by Crippen LogP contribution is 2.31. The normalized spacial score (nSPS) is 18.3. The quantitative estimate of drug-likeness (QED) is 0.852. The van der Waals surface area contributed by atoms with Gasteiger partial charge in [-0.15, -0.1) is 11.3 Å². The third-order valence-corrected chi connectivity index (χ3v) is 5.67. The number of sulfonamides is 1. The van der Waals surface area contributed by atoms with Gasteiger partial charge in [0.05, 0.1) is 4.90 Å². The number of nitrogens with two attached hydrogens (primary N) is 1. The van der Waals surface area contributed by atoms with Crippen molar-refractivity contribution in [2.45, 2.75) is 37.6 Å². The minimum Gasteiger partial charge on any atom is -0.326 e. The van der Waals surface area contributed by atoms with E-state index in [1.807, 2.05) is 13.8 Å². The summed E-state index contributed by atoms with van der Waals surface area (Å²) in [7, 11) is -3.39. The Morgan fingerprint density at radius 1 is 1.53 bits per heavy atom. The van der Waals surface area contributed by atoms with Gasteiger partial charge in [0.15, 0.2) is 0 Å². The zero-order valence-electron chi connectivity index (χ0n) is 10.1. The van der Waals surface area contributed by atoms with Gasteiger partial charge in [-0.05, 0) is 38.7 Å².